The highest BCUT2D eigenvalue weighted by atomic mass is 16.1. The number of nitrogens with zero attached hydrogens (tertiary/aromatic N) is 6. The van der Waals surface area contributed by atoms with E-state index >= 15 is 0 Å². The lowest BCUT2D eigenvalue weighted by molar-refractivity contribution is 0.100. The number of anilines is 4. The summed E-state index contributed by atoms with van der Waals surface area (Å²) in [5.41, 5.74) is 8.85. The summed E-state index contributed by atoms with van der Waals surface area (Å²) in [6.45, 7) is 11.2. The number of carbonyl (C=O) groups is 1. The van der Waals surface area contributed by atoms with Gasteiger partial charge in [-0.15, -0.1) is 0 Å². The van der Waals surface area contributed by atoms with Crippen LogP contribution in [0.2, 0.25) is 0 Å². The fourth-order valence-electron chi connectivity index (χ4n) is 4.61. The average Bonchev–Trinajstić information content (AvgIpc) is 3.33. The molecular weight excluding hydrogens is 478 g/mol. The molecule has 3 aromatic rings. The third kappa shape index (κ3) is 7.16. The Hall–Kier alpha value is -3.79. The minimum absolute atomic E-state index is 0. The van der Waals surface area contributed by atoms with E-state index in [1.807, 2.05) is 37.3 Å². The third-order valence-electron chi connectivity index (χ3n) is 6.66. The topological polar surface area (TPSA) is 125 Å². The van der Waals surface area contributed by atoms with Gasteiger partial charge in [0.05, 0.1) is 0 Å². The molecule has 0 spiro atoms. The quantitative estimate of drug-likeness (QED) is 0.357. The Kier molecular flexibility index (Phi) is 9.57. The average molecular weight is 520 g/mol. The van der Waals surface area contributed by atoms with Crippen LogP contribution in [-0.4, -0.2) is 63.5 Å². The molecule has 1 saturated heterocycles. The molecule has 4 N–H and O–H groups in total. The minimum Gasteiger partial charge on any atom is -0.366 e. The van der Waals surface area contributed by atoms with Crippen LogP contribution in [0.15, 0.2) is 42.7 Å². The van der Waals surface area contributed by atoms with Crippen molar-refractivity contribution in [3.05, 3.63) is 59.4 Å². The molecule has 1 aliphatic rings. The van der Waals surface area contributed by atoms with Crippen molar-refractivity contribution in [2.45, 2.75) is 53.6 Å². The molecule has 38 heavy (non-hydrogen) atoms. The van der Waals surface area contributed by atoms with Crippen molar-refractivity contribution in [3.8, 4) is 0 Å². The van der Waals surface area contributed by atoms with E-state index in [1.165, 1.54) is 5.56 Å². The first-order chi connectivity index (χ1) is 17.7. The number of aryl methyl sites for hydroxylation is 1. The van der Waals surface area contributed by atoms with Crippen LogP contribution in [-0.2, 0) is 0 Å². The molecule has 0 saturated carbocycles. The van der Waals surface area contributed by atoms with E-state index in [0.29, 0.717) is 35.4 Å². The second kappa shape index (κ2) is 12.6. The van der Waals surface area contributed by atoms with Crippen LogP contribution in [0, 0.1) is 12.8 Å². The second-order valence-electron chi connectivity index (χ2n) is 10.2. The number of aromatic nitrogens is 4. The monoisotopic (exact) mass is 519 g/mol. The lowest BCUT2D eigenvalue weighted by Crippen LogP contribution is -2.30. The molecular formula is C28H41N9O. The largest absolute Gasteiger partial charge is 0.366 e. The SMILES string of the molecule is C.Cc1ccc(C(N)=O)cc1Nc1nc(N[C@H]2CCN(C(C)c3ccncc3)C2)nc(N(C)CC(C)C)n1. The zero-order chi connectivity index (χ0) is 26.5. The molecule has 0 bridgehead atoms. The molecule has 4 rings (SSSR count). The number of benzene rings is 1. The maximum absolute atomic E-state index is 11.7. The summed E-state index contributed by atoms with van der Waals surface area (Å²) < 4.78 is 0. The molecule has 10 heteroatoms. The van der Waals surface area contributed by atoms with Crippen LogP contribution in [0.1, 0.15) is 62.1 Å². The first-order valence-corrected chi connectivity index (χ1v) is 12.7. The zero-order valence-electron chi connectivity index (χ0n) is 22.3. The standard InChI is InChI=1S/C27H37N9O.CH4/c1-17(2)15-35(5)27-33-25(30-22-10-13-36(16-22)19(4)20-8-11-29-12-9-20)32-26(34-27)31-23-14-21(24(28)37)7-6-18(23)3;/h6-9,11-12,14,17,19,22H,10,13,15-16H2,1-5H3,(H2,28,37)(H2,30,31,32,33,34);1H4/t19?,22-;/m0./s1. The lowest BCUT2D eigenvalue weighted by atomic mass is 10.1. The molecule has 0 aliphatic carbocycles. The van der Waals surface area contributed by atoms with Crippen molar-refractivity contribution in [3.63, 3.8) is 0 Å². The molecule has 204 valence electrons. The van der Waals surface area contributed by atoms with Crippen LogP contribution >= 0.6 is 0 Å². The van der Waals surface area contributed by atoms with E-state index < -0.39 is 5.91 Å². The Labute approximate surface area is 226 Å². The molecule has 10 nitrogen and oxygen atoms in total. The molecule has 1 fully saturated rings. The number of carbonyl (C=O) groups excluding carboxylic acids is 1. The molecule has 1 amide bonds. The number of pyridine rings is 1. The predicted octanol–water partition coefficient (Wildman–Crippen LogP) is 4.39. The predicted molar refractivity (Wildman–Crippen MR) is 154 cm³/mol. The van der Waals surface area contributed by atoms with Gasteiger partial charge in [-0.25, -0.2) is 0 Å². The summed E-state index contributed by atoms with van der Waals surface area (Å²) in [5, 5.41) is 6.82. The second-order valence-corrected chi connectivity index (χ2v) is 10.2. The van der Waals surface area contributed by atoms with Crippen LogP contribution in [0.3, 0.4) is 0 Å². The molecule has 2 atom stereocenters. The fraction of sp³-hybridized carbons (Fsp3) is 0.464. The highest BCUT2D eigenvalue weighted by Crippen LogP contribution is 2.27. The molecule has 2 aromatic heterocycles. The first-order valence-electron chi connectivity index (χ1n) is 12.7. The number of nitrogens with two attached hydrogens (primary N) is 1. The number of hydrogen-bond donors (Lipinski definition) is 3. The van der Waals surface area contributed by atoms with Gasteiger partial charge in [-0.3, -0.25) is 14.7 Å². The number of rotatable bonds is 10. The van der Waals surface area contributed by atoms with E-state index in [2.05, 4.69) is 63.4 Å². The Morgan fingerprint density at radius 2 is 1.84 bits per heavy atom. The van der Waals surface area contributed by atoms with E-state index in [4.69, 9.17) is 10.7 Å². The smallest absolute Gasteiger partial charge is 0.248 e. The lowest BCUT2D eigenvalue weighted by Gasteiger charge is -2.25. The molecule has 3 heterocycles. The van der Waals surface area contributed by atoms with Crippen LogP contribution in [0.4, 0.5) is 23.5 Å². The number of likely N-dealkylation sites (tertiary alicyclic amines) is 1. The molecule has 1 unspecified atom stereocenters. The maximum Gasteiger partial charge on any atom is 0.248 e. The van der Waals surface area contributed by atoms with Gasteiger partial charge in [0.1, 0.15) is 0 Å². The summed E-state index contributed by atoms with van der Waals surface area (Å²) in [6, 6.07) is 9.95. The number of amides is 1. The van der Waals surface area contributed by atoms with Gasteiger partial charge < -0.3 is 21.3 Å². The summed E-state index contributed by atoms with van der Waals surface area (Å²) >= 11 is 0. The highest BCUT2D eigenvalue weighted by Gasteiger charge is 2.27. The van der Waals surface area contributed by atoms with Crippen molar-refractivity contribution in [1.29, 1.82) is 0 Å². The van der Waals surface area contributed by atoms with Gasteiger partial charge in [0.2, 0.25) is 23.8 Å². The van der Waals surface area contributed by atoms with Crippen molar-refractivity contribution < 1.29 is 4.79 Å². The molecule has 0 radical (unpaired) electrons. The van der Waals surface area contributed by atoms with Gasteiger partial charge in [-0.1, -0.05) is 27.3 Å². The van der Waals surface area contributed by atoms with E-state index in [0.717, 1.165) is 37.3 Å². The molecule has 1 aliphatic heterocycles. The van der Waals surface area contributed by atoms with E-state index in [9.17, 15) is 4.79 Å². The summed E-state index contributed by atoms with van der Waals surface area (Å²) in [5.74, 6) is 1.48. The van der Waals surface area contributed by atoms with Crippen molar-refractivity contribution in [2.75, 3.05) is 42.2 Å². The van der Waals surface area contributed by atoms with Gasteiger partial charge in [-0.2, -0.15) is 15.0 Å². The summed E-state index contributed by atoms with van der Waals surface area (Å²) in [7, 11) is 1.98. The normalized spacial score (nSPS) is 16.1. The fourth-order valence-corrected chi connectivity index (χ4v) is 4.61. The number of primary amides is 1. The Balaban J connectivity index is 0.00000400. The van der Waals surface area contributed by atoms with Crippen molar-refractivity contribution >= 4 is 29.4 Å². The van der Waals surface area contributed by atoms with Gasteiger partial charge in [0, 0.05) is 62.4 Å². The highest BCUT2D eigenvalue weighted by molar-refractivity contribution is 5.94. The number of nitrogens with one attached hydrogen (secondary N) is 2. The van der Waals surface area contributed by atoms with Gasteiger partial charge in [0.25, 0.3) is 0 Å². The Morgan fingerprint density at radius 3 is 2.53 bits per heavy atom. The third-order valence-corrected chi connectivity index (χ3v) is 6.66. The summed E-state index contributed by atoms with van der Waals surface area (Å²) in [6.07, 6.45) is 4.67. The van der Waals surface area contributed by atoms with Crippen molar-refractivity contribution in [1.82, 2.24) is 24.8 Å². The Bertz CT molecular complexity index is 1220. The maximum atomic E-state index is 11.7. The van der Waals surface area contributed by atoms with E-state index in [-0.39, 0.29) is 13.5 Å². The van der Waals surface area contributed by atoms with Gasteiger partial charge in [0.15, 0.2) is 0 Å². The van der Waals surface area contributed by atoms with Crippen LogP contribution < -0.4 is 21.3 Å². The van der Waals surface area contributed by atoms with Gasteiger partial charge in [-0.05, 0) is 61.6 Å². The minimum atomic E-state index is -0.481. The summed E-state index contributed by atoms with van der Waals surface area (Å²) in [4.78, 5) is 34.4. The van der Waals surface area contributed by atoms with Crippen LogP contribution in [0.5, 0.6) is 0 Å². The first kappa shape index (κ1) is 28.8. The Morgan fingerprint density at radius 1 is 1.13 bits per heavy atom. The van der Waals surface area contributed by atoms with Gasteiger partial charge >= 0.3 is 0 Å². The molecule has 1 aromatic carbocycles. The number of hydrogen-bond acceptors (Lipinski definition) is 9. The van der Waals surface area contributed by atoms with Crippen LogP contribution in [0.25, 0.3) is 0 Å². The van der Waals surface area contributed by atoms with Crippen molar-refractivity contribution in [2.24, 2.45) is 11.7 Å². The zero-order valence-corrected chi connectivity index (χ0v) is 22.3. The van der Waals surface area contributed by atoms with E-state index in [1.54, 1.807) is 12.1 Å².